The van der Waals surface area contributed by atoms with Crippen molar-refractivity contribution in [2.24, 2.45) is 0 Å². The molecule has 20 heteroatoms. The average Bonchev–Trinajstić information content (AvgIpc) is 3.59. The molecule has 20 nitrogen and oxygen atoms in total. The maximum absolute atomic E-state index is 13.5. The largest absolute Gasteiger partial charge is 0.508 e. The first-order valence-electron chi connectivity index (χ1n) is 20.9. The molecule has 0 amide bonds. The first-order chi connectivity index (χ1) is 33.0. The Morgan fingerprint density at radius 3 is 1.51 bits per heavy atom. The molecule has 0 radical (unpaired) electrons. The Balaban J connectivity index is 1.27. The third-order valence-corrected chi connectivity index (χ3v) is 10.4. The van der Waals surface area contributed by atoms with E-state index in [1.807, 2.05) is 0 Å². The number of methoxy groups -OCH3 is 1. The van der Waals surface area contributed by atoms with Crippen LogP contribution in [0.25, 0.3) is 24.3 Å². The highest BCUT2D eigenvalue weighted by molar-refractivity contribution is 5.89. The zero-order valence-electron chi connectivity index (χ0n) is 36.5. The fourth-order valence-corrected chi connectivity index (χ4v) is 6.75. The van der Waals surface area contributed by atoms with Crippen LogP contribution in [0.1, 0.15) is 22.3 Å². The normalized spacial score (nSPS) is 24.7. The average molecular weight is 957 g/mol. The summed E-state index contributed by atoms with van der Waals surface area (Å²) in [5.74, 6) is -6.87. The molecule has 2 aliphatic rings. The number of ether oxygens (including phenoxy) is 8. The summed E-state index contributed by atoms with van der Waals surface area (Å²) in [4.78, 5) is 52.4. The quantitative estimate of drug-likeness (QED) is 0.0404. The molecule has 0 bridgehead atoms. The third-order valence-electron chi connectivity index (χ3n) is 10.4. The van der Waals surface area contributed by atoms with Crippen molar-refractivity contribution in [3.05, 3.63) is 138 Å². The van der Waals surface area contributed by atoms with Crippen molar-refractivity contribution in [2.75, 3.05) is 26.9 Å². The van der Waals surface area contributed by atoms with E-state index in [1.54, 1.807) is 0 Å². The lowest BCUT2D eigenvalue weighted by Gasteiger charge is -2.43. The smallest absolute Gasteiger partial charge is 0.331 e. The predicted molar refractivity (Wildman–Crippen MR) is 239 cm³/mol. The number of hydrogen-bond donors (Lipinski definition) is 8. The lowest BCUT2D eigenvalue weighted by molar-refractivity contribution is -0.383. The monoisotopic (exact) mass is 956 g/mol. The van der Waals surface area contributed by atoms with E-state index in [0.717, 1.165) is 24.3 Å². The topological polar surface area (TPSA) is 304 Å². The molecule has 0 aliphatic carbocycles. The van der Waals surface area contributed by atoms with Crippen molar-refractivity contribution in [1.82, 2.24) is 0 Å². The van der Waals surface area contributed by atoms with Gasteiger partial charge in [-0.15, -0.1) is 0 Å². The number of aliphatic hydroxyl groups is 4. The lowest BCUT2D eigenvalue weighted by atomic mass is 9.98. The van der Waals surface area contributed by atoms with Crippen LogP contribution in [-0.4, -0.2) is 146 Å². The zero-order valence-corrected chi connectivity index (χ0v) is 36.5. The molecule has 9 atom stereocenters. The van der Waals surface area contributed by atoms with Gasteiger partial charge >= 0.3 is 23.9 Å². The minimum atomic E-state index is -2.69. The highest BCUT2D eigenvalue weighted by atomic mass is 16.8. The van der Waals surface area contributed by atoms with Crippen LogP contribution in [0.15, 0.2) is 115 Å². The summed E-state index contributed by atoms with van der Waals surface area (Å²) in [5.41, 5.74) is 1.85. The molecule has 2 fully saturated rings. The van der Waals surface area contributed by atoms with Crippen molar-refractivity contribution >= 4 is 48.2 Å². The summed E-state index contributed by atoms with van der Waals surface area (Å²) in [5, 5.41) is 83.7. The minimum Gasteiger partial charge on any atom is -0.508 e. The lowest BCUT2D eigenvalue weighted by Crippen LogP contribution is -2.63. The Bertz CT molecular complexity index is 2520. The van der Waals surface area contributed by atoms with Crippen LogP contribution >= 0.6 is 0 Å². The van der Waals surface area contributed by atoms with E-state index >= 15 is 0 Å². The number of rotatable bonds is 18. The van der Waals surface area contributed by atoms with Gasteiger partial charge < -0.3 is 78.7 Å². The second-order valence-corrected chi connectivity index (χ2v) is 15.4. The fraction of sp³-hybridized carbons (Fsp3) is 0.265. The Morgan fingerprint density at radius 2 is 1.00 bits per heavy atom. The zero-order chi connectivity index (χ0) is 49.7. The van der Waals surface area contributed by atoms with Gasteiger partial charge in [-0.25, -0.2) is 19.2 Å². The second kappa shape index (κ2) is 23.4. The first kappa shape index (κ1) is 50.8. The van der Waals surface area contributed by atoms with Gasteiger partial charge in [-0.05, 0) is 95.1 Å². The maximum atomic E-state index is 13.5. The van der Waals surface area contributed by atoms with E-state index in [-0.39, 0.29) is 28.7 Å². The van der Waals surface area contributed by atoms with Gasteiger partial charge in [0.1, 0.15) is 73.7 Å². The number of phenolic OH excluding ortho intramolecular Hbond substituents is 4. The van der Waals surface area contributed by atoms with Crippen molar-refractivity contribution in [3.63, 3.8) is 0 Å². The number of aromatic hydroxyl groups is 4. The Kier molecular flexibility index (Phi) is 17.3. The van der Waals surface area contributed by atoms with Gasteiger partial charge in [0, 0.05) is 24.3 Å². The summed E-state index contributed by atoms with van der Waals surface area (Å²) >= 11 is 0. The van der Waals surface area contributed by atoms with Crippen molar-refractivity contribution < 1.29 is 97.9 Å². The molecule has 6 rings (SSSR count). The molecule has 2 saturated heterocycles. The van der Waals surface area contributed by atoms with Crippen LogP contribution < -0.4 is 4.74 Å². The summed E-state index contributed by atoms with van der Waals surface area (Å²) in [6.45, 7) is -2.57. The molecular formula is C49H48O20. The molecule has 2 aliphatic heterocycles. The summed E-state index contributed by atoms with van der Waals surface area (Å²) in [7, 11) is 1.34. The predicted octanol–water partition coefficient (Wildman–Crippen LogP) is 2.49. The van der Waals surface area contributed by atoms with Crippen molar-refractivity contribution in [3.8, 4) is 28.7 Å². The number of hydrogen-bond acceptors (Lipinski definition) is 20. The van der Waals surface area contributed by atoms with Crippen molar-refractivity contribution in [1.29, 1.82) is 0 Å². The van der Waals surface area contributed by atoms with Crippen LogP contribution in [0.2, 0.25) is 0 Å². The maximum Gasteiger partial charge on any atom is 0.331 e. The minimum absolute atomic E-state index is 0.00809. The number of phenols is 4. The standard InChI is InChI=1S/C49H48O20/c1-62-36-24-31(8-19-35(36)53)12-22-40(55)63-25-37-43(58)45(60)46(61)48(66-37)69-49(27-65-41(56)21-10-29-4-15-33(51)16-5-29)47(67-42(57)23-11-30-6-17-34(52)18-7-30)44(59)38(68-49)26-64-39(54)20-9-28-2-13-32(50)14-3-28/h2-24,37-38,43-48,50-53,58-61H,25-27H2,1H3/t37-,38-,43-,44-,45+,46-,47+,48-,49+/m1/s1. The van der Waals surface area contributed by atoms with Gasteiger partial charge in [-0.1, -0.05) is 42.5 Å². The van der Waals surface area contributed by atoms with E-state index in [0.29, 0.717) is 22.3 Å². The number of carbonyl (C=O) groups excluding carboxylic acids is 4. The highest BCUT2D eigenvalue weighted by Gasteiger charge is 2.62. The second-order valence-electron chi connectivity index (χ2n) is 15.4. The number of benzene rings is 4. The van der Waals surface area contributed by atoms with Gasteiger partial charge in [0.25, 0.3) is 0 Å². The molecule has 0 unspecified atom stereocenters. The molecule has 8 N–H and O–H groups in total. The van der Waals surface area contributed by atoms with E-state index in [2.05, 4.69) is 0 Å². The summed E-state index contributed by atoms with van der Waals surface area (Å²) in [6, 6.07) is 21.5. The van der Waals surface area contributed by atoms with E-state index in [9.17, 15) is 60.0 Å². The van der Waals surface area contributed by atoms with Gasteiger partial charge in [0.2, 0.25) is 5.79 Å². The van der Waals surface area contributed by atoms with Crippen LogP contribution in [0, 0.1) is 0 Å². The number of esters is 4. The van der Waals surface area contributed by atoms with Gasteiger partial charge in [0.05, 0.1) is 7.11 Å². The van der Waals surface area contributed by atoms with Crippen molar-refractivity contribution in [2.45, 2.75) is 54.8 Å². The van der Waals surface area contributed by atoms with E-state index in [1.165, 1.54) is 122 Å². The number of aliphatic hydroxyl groups excluding tert-OH is 4. The van der Waals surface area contributed by atoms with Crippen LogP contribution in [0.5, 0.6) is 28.7 Å². The SMILES string of the molecule is COc1cc(C=CC(=O)OC[C@H]2O[C@H](O[C@]3(COC(=O)C=Cc4ccc(O)cc4)O[C@H](COC(=O)C=Cc4ccc(O)cc4)[C@@H](O)[C@@H]3OC(=O)C=Cc3ccc(O)cc3)[C@H](O)[C@@H](O)[C@@H]2O)ccc1O. The Morgan fingerprint density at radius 1 is 0.551 bits per heavy atom. The molecule has 4 aromatic rings. The Labute approximate surface area is 393 Å². The van der Waals surface area contributed by atoms with Gasteiger partial charge in [-0.2, -0.15) is 0 Å². The molecule has 0 spiro atoms. The van der Waals surface area contributed by atoms with Crippen LogP contribution in [-0.2, 0) is 52.3 Å². The molecule has 4 aromatic carbocycles. The van der Waals surface area contributed by atoms with Crippen LogP contribution in [0.3, 0.4) is 0 Å². The molecular weight excluding hydrogens is 909 g/mol. The highest BCUT2D eigenvalue weighted by Crippen LogP contribution is 2.39. The molecule has 0 saturated carbocycles. The fourth-order valence-electron chi connectivity index (χ4n) is 6.75. The molecule has 0 aromatic heterocycles. The molecule has 69 heavy (non-hydrogen) atoms. The summed E-state index contributed by atoms with van der Waals surface area (Å²) in [6.07, 6.45) is -6.19. The van der Waals surface area contributed by atoms with Crippen LogP contribution in [0.4, 0.5) is 0 Å². The van der Waals surface area contributed by atoms with E-state index in [4.69, 9.17) is 37.9 Å². The molecule has 2 heterocycles. The third kappa shape index (κ3) is 14.0. The number of carbonyl (C=O) groups is 4. The molecule has 364 valence electrons. The first-order valence-corrected chi connectivity index (χ1v) is 20.9. The van der Waals surface area contributed by atoms with Gasteiger partial charge in [0.15, 0.2) is 23.9 Å². The Hall–Kier alpha value is -7.56. The van der Waals surface area contributed by atoms with E-state index < -0.39 is 98.5 Å². The summed E-state index contributed by atoms with van der Waals surface area (Å²) < 4.78 is 45.0. The van der Waals surface area contributed by atoms with Gasteiger partial charge in [-0.3, -0.25) is 0 Å².